The molecule has 11 nitrogen and oxygen atoms in total. The van der Waals surface area contributed by atoms with E-state index in [0.29, 0.717) is 43.4 Å². The van der Waals surface area contributed by atoms with E-state index < -0.39 is 35.0 Å². The van der Waals surface area contributed by atoms with Crippen LogP contribution < -0.4 is 10.6 Å². The third-order valence-corrected chi connectivity index (χ3v) is 6.07. The van der Waals surface area contributed by atoms with E-state index in [1.807, 2.05) is 0 Å². The van der Waals surface area contributed by atoms with Crippen molar-refractivity contribution in [1.82, 2.24) is 15.5 Å². The summed E-state index contributed by atoms with van der Waals surface area (Å²) in [6.07, 6.45) is 1.15. The molecule has 0 aromatic heterocycles. The predicted octanol–water partition coefficient (Wildman–Crippen LogP) is 3.74. The van der Waals surface area contributed by atoms with Gasteiger partial charge in [0.2, 0.25) is 0 Å². The Morgan fingerprint density at radius 2 is 1.55 bits per heavy atom. The van der Waals surface area contributed by atoms with E-state index in [9.17, 15) is 19.2 Å². The maximum Gasteiger partial charge on any atom is 0.413 e. The lowest BCUT2D eigenvalue weighted by molar-refractivity contribution is -0.155. The third-order valence-electron chi connectivity index (χ3n) is 6.07. The van der Waals surface area contributed by atoms with Crippen molar-refractivity contribution in [2.45, 2.75) is 90.1 Å². The van der Waals surface area contributed by atoms with Crippen molar-refractivity contribution in [1.29, 1.82) is 5.41 Å². The predicted molar refractivity (Wildman–Crippen MR) is 139 cm³/mol. The average molecular weight is 531 g/mol. The van der Waals surface area contributed by atoms with E-state index in [4.69, 9.17) is 19.6 Å². The van der Waals surface area contributed by atoms with Gasteiger partial charge in [-0.3, -0.25) is 25.2 Å². The van der Waals surface area contributed by atoms with Crippen molar-refractivity contribution in [2.75, 3.05) is 13.1 Å². The summed E-state index contributed by atoms with van der Waals surface area (Å²) in [7, 11) is 0. The molecule has 0 unspecified atom stereocenters. The van der Waals surface area contributed by atoms with Gasteiger partial charge in [-0.2, -0.15) is 0 Å². The molecule has 0 atom stereocenters. The number of nitrogens with zero attached hydrogens (tertiary/aromatic N) is 1. The highest BCUT2D eigenvalue weighted by Crippen LogP contribution is 2.37. The molecular weight excluding hydrogens is 492 g/mol. The number of alkyl carbamates (subject to hydrolysis) is 1. The van der Waals surface area contributed by atoms with E-state index in [2.05, 4.69) is 10.6 Å². The SMILES string of the molecule is CC(C)(C)OC(=O)CN1CC2(CCC(NC(=O)c3ccc(C(=N)NC(=O)OC(C)(C)C)cc3)CC2)OC1=O. The fraction of sp³-hybridized carbons (Fsp3) is 0.593. The second-order valence-electron chi connectivity index (χ2n) is 11.8. The molecule has 208 valence electrons. The standard InChI is InChI=1S/C27H38N4O7/c1-25(2,3)36-20(32)15-31-16-27(38-24(31)35)13-11-19(12-14-27)29-22(33)18-9-7-17(8-10-18)21(28)30-23(34)37-26(4,5)6/h7-10,19H,11-16H2,1-6H3,(H,29,33)(H2,28,30,34). The number of amidine groups is 1. The van der Waals surface area contributed by atoms with Crippen molar-refractivity contribution in [3.05, 3.63) is 35.4 Å². The normalized spacial score (nSPS) is 21.5. The summed E-state index contributed by atoms with van der Waals surface area (Å²) in [5, 5.41) is 13.4. The van der Waals surface area contributed by atoms with Crippen LogP contribution in [0.1, 0.15) is 83.1 Å². The zero-order valence-corrected chi connectivity index (χ0v) is 22.9. The first kappa shape index (κ1) is 28.9. The van der Waals surface area contributed by atoms with Gasteiger partial charge in [0.05, 0.1) is 6.54 Å². The maximum absolute atomic E-state index is 12.8. The van der Waals surface area contributed by atoms with E-state index >= 15 is 0 Å². The van der Waals surface area contributed by atoms with Crippen molar-refractivity contribution >= 4 is 29.9 Å². The Bertz CT molecular complexity index is 1080. The quantitative estimate of drug-likeness (QED) is 0.227. The minimum atomic E-state index is -0.722. The summed E-state index contributed by atoms with van der Waals surface area (Å²) in [5.74, 6) is -0.857. The first-order valence-electron chi connectivity index (χ1n) is 12.7. The van der Waals surface area contributed by atoms with E-state index in [-0.39, 0.29) is 24.3 Å². The largest absolute Gasteiger partial charge is 0.459 e. The monoisotopic (exact) mass is 530 g/mol. The number of benzene rings is 1. The average Bonchev–Trinajstić information content (AvgIpc) is 3.07. The molecule has 3 rings (SSSR count). The molecule has 0 bridgehead atoms. The molecule has 38 heavy (non-hydrogen) atoms. The van der Waals surface area contributed by atoms with Gasteiger partial charge < -0.3 is 19.5 Å². The number of hydrogen-bond donors (Lipinski definition) is 3. The third kappa shape index (κ3) is 8.19. The van der Waals surface area contributed by atoms with Crippen LogP contribution >= 0.6 is 0 Å². The maximum atomic E-state index is 12.8. The van der Waals surface area contributed by atoms with Crippen molar-refractivity contribution in [2.24, 2.45) is 0 Å². The van der Waals surface area contributed by atoms with Gasteiger partial charge in [0.25, 0.3) is 5.91 Å². The molecule has 1 aliphatic carbocycles. The van der Waals surface area contributed by atoms with Gasteiger partial charge in [-0.05, 0) is 79.4 Å². The Morgan fingerprint density at radius 1 is 1.00 bits per heavy atom. The molecule has 0 radical (unpaired) electrons. The van der Waals surface area contributed by atoms with Crippen molar-refractivity contribution in [3.8, 4) is 0 Å². The number of carbonyl (C=O) groups is 4. The van der Waals surface area contributed by atoms with E-state index in [1.54, 1.807) is 65.8 Å². The zero-order chi connectivity index (χ0) is 28.3. The minimum Gasteiger partial charge on any atom is -0.459 e. The topological polar surface area (TPSA) is 147 Å². The van der Waals surface area contributed by atoms with Gasteiger partial charge in [-0.1, -0.05) is 12.1 Å². The van der Waals surface area contributed by atoms with Gasteiger partial charge in [0.15, 0.2) is 0 Å². The van der Waals surface area contributed by atoms with Crippen molar-refractivity contribution < 1.29 is 33.4 Å². The molecular formula is C27H38N4O7. The second-order valence-corrected chi connectivity index (χ2v) is 11.8. The summed E-state index contributed by atoms with van der Waals surface area (Å²) in [6, 6.07) is 6.27. The molecule has 3 N–H and O–H groups in total. The zero-order valence-electron chi connectivity index (χ0n) is 22.9. The number of hydrogen-bond acceptors (Lipinski definition) is 8. The Labute approximate surface area is 223 Å². The Balaban J connectivity index is 1.48. The van der Waals surface area contributed by atoms with Crippen LogP contribution in [-0.4, -0.2) is 70.7 Å². The highest BCUT2D eigenvalue weighted by atomic mass is 16.6. The van der Waals surface area contributed by atoms with Gasteiger partial charge in [-0.25, -0.2) is 9.59 Å². The molecule has 1 saturated carbocycles. The molecule has 1 saturated heterocycles. The van der Waals surface area contributed by atoms with Crippen LogP contribution in [0.3, 0.4) is 0 Å². The van der Waals surface area contributed by atoms with Crippen LogP contribution in [0.15, 0.2) is 24.3 Å². The second kappa shape index (κ2) is 11.0. The van der Waals surface area contributed by atoms with Gasteiger partial charge in [-0.15, -0.1) is 0 Å². The fourth-order valence-corrected chi connectivity index (χ4v) is 4.43. The molecule has 1 aromatic carbocycles. The van der Waals surface area contributed by atoms with Crippen LogP contribution in [-0.2, 0) is 19.0 Å². The van der Waals surface area contributed by atoms with Gasteiger partial charge >= 0.3 is 18.2 Å². The molecule has 1 spiro atoms. The molecule has 11 heteroatoms. The van der Waals surface area contributed by atoms with E-state index in [0.717, 1.165) is 0 Å². The Hall–Kier alpha value is -3.63. The fourth-order valence-electron chi connectivity index (χ4n) is 4.43. The summed E-state index contributed by atoms with van der Waals surface area (Å²) < 4.78 is 16.1. The molecule has 3 amide bonds. The first-order chi connectivity index (χ1) is 17.5. The number of amides is 3. The van der Waals surface area contributed by atoms with Crippen LogP contribution in [0.2, 0.25) is 0 Å². The molecule has 1 heterocycles. The Kier molecular flexibility index (Phi) is 8.38. The molecule has 2 fully saturated rings. The Morgan fingerprint density at radius 3 is 2.11 bits per heavy atom. The van der Waals surface area contributed by atoms with E-state index in [1.165, 1.54) is 4.90 Å². The summed E-state index contributed by atoms with van der Waals surface area (Å²) in [5.41, 5.74) is -1.11. The van der Waals surface area contributed by atoms with Crippen LogP contribution in [0, 0.1) is 5.41 Å². The minimum absolute atomic E-state index is 0.0847. The first-order valence-corrected chi connectivity index (χ1v) is 12.7. The smallest absolute Gasteiger partial charge is 0.413 e. The lowest BCUT2D eigenvalue weighted by atomic mass is 9.82. The molecule has 1 aromatic rings. The summed E-state index contributed by atoms with van der Waals surface area (Å²) >= 11 is 0. The van der Waals surface area contributed by atoms with Crippen LogP contribution in [0.25, 0.3) is 0 Å². The van der Waals surface area contributed by atoms with Crippen molar-refractivity contribution in [3.63, 3.8) is 0 Å². The highest BCUT2D eigenvalue weighted by Gasteiger charge is 2.48. The number of esters is 1. The van der Waals surface area contributed by atoms with Crippen LogP contribution in [0.5, 0.6) is 0 Å². The molecule has 2 aliphatic rings. The highest BCUT2D eigenvalue weighted by molar-refractivity contribution is 6.05. The van der Waals surface area contributed by atoms with Gasteiger partial charge in [0, 0.05) is 17.2 Å². The van der Waals surface area contributed by atoms with Crippen LogP contribution in [0.4, 0.5) is 9.59 Å². The lowest BCUT2D eigenvalue weighted by Crippen LogP contribution is -2.45. The number of rotatable bonds is 5. The summed E-state index contributed by atoms with van der Waals surface area (Å²) in [4.78, 5) is 50.5. The number of nitrogens with one attached hydrogen (secondary N) is 3. The van der Waals surface area contributed by atoms with Gasteiger partial charge in [0.1, 0.15) is 29.2 Å². The summed E-state index contributed by atoms with van der Waals surface area (Å²) in [6.45, 7) is 10.7. The lowest BCUT2D eigenvalue weighted by Gasteiger charge is -2.35. The number of ether oxygens (including phenoxy) is 3. The number of carbonyl (C=O) groups excluding carboxylic acids is 4. The molecule has 1 aliphatic heterocycles.